The fraction of sp³-hybridized carbons (Fsp3) is 0.167. The van der Waals surface area contributed by atoms with E-state index in [0.717, 1.165) is 0 Å². The second-order valence-electron chi connectivity index (χ2n) is 9.50. The van der Waals surface area contributed by atoms with Crippen molar-refractivity contribution in [2.75, 3.05) is 10.7 Å². The van der Waals surface area contributed by atoms with Gasteiger partial charge < -0.3 is 24.9 Å². The van der Waals surface area contributed by atoms with E-state index >= 15 is 0 Å². The minimum Gasteiger partial charge on any atom is -0.508 e. The minimum absolute atomic E-state index is 0.00746. The first-order valence-electron chi connectivity index (χ1n) is 12.6. The number of para-hydroxylation sites is 1. The van der Waals surface area contributed by atoms with E-state index in [9.17, 15) is 33.7 Å². The molecule has 10 heteroatoms. The van der Waals surface area contributed by atoms with Gasteiger partial charge in [0.25, 0.3) is 0 Å². The molecule has 4 aromatic rings. The third-order valence-electron chi connectivity index (χ3n) is 6.91. The summed E-state index contributed by atoms with van der Waals surface area (Å²) in [5.74, 6) is -0.0158. The molecular weight excluding hydrogens is 552 g/mol. The fourth-order valence-electron chi connectivity index (χ4n) is 4.78. The molecule has 1 amide bonds. The number of halogens is 1. The van der Waals surface area contributed by atoms with Crippen LogP contribution in [0.5, 0.6) is 5.75 Å². The van der Waals surface area contributed by atoms with Gasteiger partial charge in [0.2, 0.25) is 5.91 Å². The molecule has 1 saturated heterocycles. The van der Waals surface area contributed by atoms with E-state index in [0.29, 0.717) is 40.1 Å². The number of carbonyl (C=O) groups is 1. The van der Waals surface area contributed by atoms with E-state index in [1.165, 1.54) is 36.0 Å². The van der Waals surface area contributed by atoms with Crippen LogP contribution in [0, 0.1) is 5.82 Å². The molecule has 206 valence electrons. The highest BCUT2D eigenvalue weighted by molar-refractivity contribution is 8.00. The van der Waals surface area contributed by atoms with Crippen LogP contribution in [0.4, 0.5) is 10.1 Å². The Morgan fingerprint density at radius 1 is 0.900 bits per heavy atom. The molecular formula is C30H27FNO6PS. The SMILES string of the molecule is O=C1[C@H](SCC[C@H](O)c2ccc(F)cc2)[C@@H](c2ccc(-c3ccc(P(=O)(O)O)cc3)cc2O)N1c1ccccc1. The number of anilines is 1. The van der Waals surface area contributed by atoms with Crippen LogP contribution >= 0.6 is 19.4 Å². The van der Waals surface area contributed by atoms with E-state index in [-0.39, 0.29) is 22.8 Å². The Kier molecular flexibility index (Phi) is 8.12. The Morgan fingerprint density at radius 3 is 2.17 bits per heavy atom. The lowest BCUT2D eigenvalue weighted by molar-refractivity contribution is -0.123. The predicted octanol–water partition coefficient (Wildman–Crippen LogP) is 5.31. The number of hydrogen-bond donors (Lipinski definition) is 4. The number of thioether (sulfide) groups is 1. The highest BCUT2D eigenvalue weighted by atomic mass is 32.2. The molecule has 3 atom stereocenters. The van der Waals surface area contributed by atoms with Crippen LogP contribution in [-0.4, -0.2) is 36.9 Å². The minimum atomic E-state index is -4.36. The summed E-state index contributed by atoms with van der Waals surface area (Å²) in [6, 6.07) is 25.4. The van der Waals surface area contributed by atoms with Gasteiger partial charge in [-0.15, -0.1) is 11.8 Å². The monoisotopic (exact) mass is 579 g/mol. The average Bonchev–Trinajstić information content (AvgIpc) is 2.94. The summed E-state index contributed by atoms with van der Waals surface area (Å²) in [4.78, 5) is 33.7. The zero-order chi connectivity index (χ0) is 28.4. The highest BCUT2D eigenvalue weighted by Crippen LogP contribution is 2.48. The van der Waals surface area contributed by atoms with Crippen molar-refractivity contribution in [1.82, 2.24) is 0 Å². The van der Waals surface area contributed by atoms with Gasteiger partial charge >= 0.3 is 7.60 Å². The maximum absolute atomic E-state index is 13.3. The molecule has 0 aliphatic carbocycles. The van der Waals surface area contributed by atoms with Crippen LogP contribution in [0.15, 0.2) is 97.1 Å². The van der Waals surface area contributed by atoms with E-state index in [1.807, 2.05) is 30.3 Å². The van der Waals surface area contributed by atoms with Gasteiger partial charge in [-0.3, -0.25) is 9.36 Å². The zero-order valence-electron chi connectivity index (χ0n) is 21.2. The Bertz CT molecular complexity index is 1550. The van der Waals surface area contributed by atoms with Gasteiger partial charge in [-0.05, 0) is 71.3 Å². The average molecular weight is 580 g/mol. The molecule has 5 rings (SSSR count). The second-order valence-corrected chi connectivity index (χ2v) is 12.4. The Labute approximate surface area is 235 Å². The third-order valence-corrected chi connectivity index (χ3v) is 9.17. The molecule has 0 aromatic heterocycles. The van der Waals surface area contributed by atoms with Crippen LogP contribution < -0.4 is 10.2 Å². The molecule has 0 unspecified atom stereocenters. The lowest BCUT2D eigenvalue weighted by atomic mass is 9.90. The number of aliphatic hydroxyl groups excluding tert-OH is 1. The number of nitrogens with zero attached hydrogens (tertiary/aromatic N) is 1. The van der Waals surface area contributed by atoms with Gasteiger partial charge in [0.1, 0.15) is 16.8 Å². The van der Waals surface area contributed by atoms with Crippen molar-refractivity contribution in [2.45, 2.75) is 23.8 Å². The lowest BCUT2D eigenvalue weighted by Gasteiger charge is -2.47. The lowest BCUT2D eigenvalue weighted by Crippen LogP contribution is -2.57. The van der Waals surface area contributed by atoms with Gasteiger partial charge in [-0.2, -0.15) is 0 Å². The van der Waals surface area contributed by atoms with Gasteiger partial charge in [0, 0.05) is 11.3 Å². The topological polar surface area (TPSA) is 118 Å². The van der Waals surface area contributed by atoms with E-state index < -0.39 is 25.0 Å². The number of aliphatic hydroxyl groups is 1. The number of rotatable bonds is 9. The summed E-state index contributed by atoms with van der Waals surface area (Å²) in [6.07, 6.45) is -0.426. The van der Waals surface area contributed by atoms with Crippen molar-refractivity contribution in [1.29, 1.82) is 0 Å². The standard InChI is InChI=1S/C30H27FNO6PS/c31-22-11-6-20(7-12-22)26(33)16-17-40-29-28(32(30(29)35)23-4-2-1-3-5-23)25-15-10-21(18-27(25)34)19-8-13-24(14-9-19)39(36,37)38/h1-15,18,26,28-29,33-34H,16-17H2,(H2,36,37,38)/t26-,28+,29+/m0/s1. The molecule has 0 radical (unpaired) electrons. The van der Waals surface area contributed by atoms with Crippen molar-refractivity contribution in [3.8, 4) is 16.9 Å². The number of aromatic hydroxyl groups is 1. The van der Waals surface area contributed by atoms with Gasteiger partial charge in [-0.25, -0.2) is 4.39 Å². The number of amides is 1. The van der Waals surface area contributed by atoms with Crippen molar-refractivity contribution >= 4 is 36.3 Å². The Balaban J connectivity index is 1.37. The molecule has 1 fully saturated rings. The summed E-state index contributed by atoms with van der Waals surface area (Å²) in [7, 11) is -4.36. The normalized spacial score (nSPS) is 17.9. The van der Waals surface area contributed by atoms with Gasteiger partial charge in [0.15, 0.2) is 0 Å². The molecule has 0 bridgehead atoms. The number of benzene rings is 4. The molecule has 4 N–H and O–H groups in total. The van der Waals surface area contributed by atoms with E-state index in [2.05, 4.69) is 0 Å². The van der Waals surface area contributed by atoms with Gasteiger partial charge in [0.05, 0.1) is 17.5 Å². The zero-order valence-corrected chi connectivity index (χ0v) is 22.9. The third kappa shape index (κ3) is 5.84. The van der Waals surface area contributed by atoms with Crippen molar-refractivity contribution in [2.24, 2.45) is 0 Å². The second kappa shape index (κ2) is 11.6. The molecule has 7 nitrogen and oxygen atoms in total. The number of β-lactam (4-membered cyclic amide) rings is 1. The molecule has 1 aliphatic heterocycles. The van der Waals surface area contributed by atoms with Crippen molar-refractivity contribution in [3.05, 3.63) is 114 Å². The van der Waals surface area contributed by atoms with Crippen LogP contribution in [0.2, 0.25) is 0 Å². The van der Waals surface area contributed by atoms with Gasteiger partial charge in [-0.1, -0.05) is 54.6 Å². The number of phenols is 1. The summed E-state index contributed by atoms with van der Waals surface area (Å²) in [5.41, 5.74) is 3.20. The van der Waals surface area contributed by atoms with Crippen molar-refractivity contribution < 1.29 is 33.7 Å². The van der Waals surface area contributed by atoms with Crippen LogP contribution in [0.3, 0.4) is 0 Å². The maximum Gasteiger partial charge on any atom is 0.356 e. The first-order valence-corrected chi connectivity index (χ1v) is 15.2. The van der Waals surface area contributed by atoms with E-state index in [4.69, 9.17) is 0 Å². The largest absolute Gasteiger partial charge is 0.508 e. The highest BCUT2D eigenvalue weighted by Gasteiger charge is 2.50. The molecule has 1 heterocycles. The first kappa shape index (κ1) is 28.1. The number of hydrogen-bond acceptors (Lipinski definition) is 5. The molecule has 4 aromatic carbocycles. The summed E-state index contributed by atoms with van der Waals surface area (Å²) in [6.45, 7) is 0. The fourth-order valence-corrected chi connectivity index (χ4v) is 6.64. The Hall–Kier alpha value is -3.46. The van der Waals surface area contributed by atoms with E-state index in [1.54, 1.807) is 47.4 Å². The summed E-state index contributed by atoms with van der Waals surface area (Å²) >= 11 is 1.40. The predicted molar refractivity (Wildman–Crippen MR) is 154 cm³/mol. The van der Waals surface area contributed by atoms with Crippen molar-refractivity contribution in [3.63, 3.8) is 0 Å². The smallest absolute Gasteiger partial charge is 0.356 e. The number of phenolic OH excluding ortho intramolecular Hbond substituents is 1. The molecule has 0 spiro atoms. The molecule has 1 aliphatic rings. The van der Waals surface area contributed by atoms with Crippen LogP contribution in [0.1, 0.15) is 29.7 Å². The summed E-state index contributed by atoms with van der Waals surface area (Å²) < 4.78 is 24.7. The first-order chi connectivity index (χ1) is 19.1. The summed E-state index contributed by atoms with van der Waals surface area (Å²) in [5, 5.41) is 21.0. The molecule has 40 heavy (non-hydrogen) atoms. The maximum atomic E-state index is 13.3. The van der Waals surface area contributed by atoms with Crippen LogP contribution in [0.25, 0.3) is 11.1 Å². The Morgan fingerprint density at radius 2 is 1.55 bits per heavy atom. The quantitative estimate of drug-likeness (QED) is 0.157. The number of carbonyl (C=O) groups excluding carboxylic acids is 1. The van der Waals surface area contributed by atoms with Crippen LogP contribution in [-0.2, 0) is 9.36 Å². The molecule has 0 saturated carbocycles.